The van der Waals surface area contributed by atoms with Gasteiger partial charge < -0.3 is 29.7 Å². The number of aryl methyl sites for hydroxylation is 1. The Morgan fingerprint density at radius 2 is 1.91 bits per heavy atom. The Balaban J connectivity index is 1.16. The number of methoxy groups -OCH3 is 1. The van der Waals surface area contributed by atoms with E-state index >= 15 is 0 Å². The topological polar surface area (TPSA) is 174 Å². The average molecular weight is 832 g/mol. The molecule has 14 nitrogen and oxygen atoms in total. The van der Waals surface area contributed by atoms with Gasteiger partial charge in [0.05, 0.1) is 31.5 Å². The van der Waals surface area contributed by atoms with Gasteiger partial charge in [-0.05, 0) is 81.9 Å². The summed E-state index contributed by atoms with van der Waals surface area (Å²) >= 11 is 0. The number of fused-ring (bicyclic) bond motifs is 5. The lowest BCUT2D eigenvalue weighted by molar-refractivity contribution is -0.144. The van der Waals surface area contributed by atoms with Crippen molar-refractivity contribution in [3.63, 3.8) is 0 Å². The van der Waals surface area contributed by atoms with Gasteiger partial charge in [-0.3, -0.25) is 14.4 Å². The van der Waals surface area contributed by atoms with Gasteiger partial charge in [0, 0.05) is 23.3 Å². The van der Waals surface area contributed by atoms with Crippen molar-refractivity contribution in [1.82, 2.24) is 24.8 Å². The Hall–Kier alpha value is -4.61. The van der Waals surface area contributed by atoms with Gasteiger partial charge in [-0.2, -0.15) is 13.2 Å². The van der Waals surface area contributed by atoms with Gasteiger partial charge in [0.2, 0.25) is 21.8 Å². The van der Waals surface area contributed by atoms with E-state index in [9.17, 15) is 40.8 Å². The zero-order valence-corrected chi connectivity index (χ0v) is 33.3. The van der Waals surface area contributed by atoms with Crippen molar-refractivity contribution >= 4 is 44.7 Å². The van der Waals surface area contributed by atoms with Crippen LogP contribution in [0.15, 0.2) is 30.4 Å². The SMILES string of the molecule is COc1ccc2nc(C(F)(F)F)c3c(c2c1)CC[C@]1(C[C@H]2C(=O)N[C@]4(C(=O)N5CCS5(=O)=O)C[C@H]4/C=C\CCCCC[C@H](NC(=O)O[C@H]4CC[C@@H](C)C4)C(=O)N2C1)O3. The molecule has 2 aliphatic carbocycles. The van der Waals surface area contributed by atoms with E-state index in [0.29, 0.717) is 49.2 Å². The van der Waals surface area contributed by atoms with Crippen molar-refractivity contribution in [3.8, 4) is 11.5 Å². The van der Waals surface area contributed by atoms with E-state index in [1.807, 2.05) is 6.08 Å². The molecule has 8 rings (SSSR count). The number of alkyl carbamates (subject to hydrolysis) is 1. The molecule has 6 aliphatic rings. The highest BCUT2D eigenvalue weighted by molar-refractivity contribution is 7.90. The number of aromatic nitrogens is 1. The van der Waals surface area contributed by atoms with E-state index in [-0.39, 0.29) is 68.1 Å². The first-order chi connectivity index (χ1) is 27.5. The highest BCUT2D eigenvalue weighted by Gasteiger charge is 2.65. The number of nitrogens with one attached hydrogen (secondary N) is 2. The lowest BCUT2D eigenvalue weighted by Crippen LogP contribution is -2.62. The van der Waals surface area contributed by atoms with E-state index < -0.39 is 80.6 Å². The van der Waals surface area contributed by atoms with Crippen molar-refractivity contribution < 1.29 is 55.0 Å². The molecule has 1 aromatic heterocycles. The number of hydrogen-bond donors (Lipinski definition) is 2. The highest BCUT2D eigenvalue weighted by atomic mass is 32.2. The predicted octanol–water partition coefficient (Wildman–Crippen LogP) is 4.78. The number of carbonyl (C=O) groups is 4. The van der Waals surface area contributed by atoms with Crippen molar-refractivity contribution in [2.75, 3.05) is 26.0 Å². The predicted molar refractivity (Wildman–Crippen MR) is 202 cm³/mol. The standard InChI is InChI=1S/C40H48F3N5O9S/c1-23-10-11-26(18-23)56-37(52)45-30-9-7-5-3-4-6-8-24-20-39(24,36(51)48-16-17-58(48,53)54)46-34(49)31-21-38(22-47(31)35(30)50)15-14-27-28-19-25(55-2)12-13-29(28)44-33(32(27)57-38)40(41,42)43/h6,8,12-13,19,23-24,26,30-31H,3-5,7,9-11,14-18,20-22H2,1-2H3,(H,45,52)(H,46,49)/b8-6-/t23-,24-,26+,30+,31+,38-,39-/m1/s1. The molecule has 2 N–H and O–H groups in total. The molecule has 0 radical (unpaired) electrons. The van der Waals surface area contributed by atoms with Crippen molar-refractivity contribution in [2.45, 2.75) is 119 Å². The number of alkyl halides is 3. The second kappa shape index (κ2) is 14.9. The molecule has 4 fully saturated rings. The number of hydrogen-bond acceptors (Lipinski definition) is 10. The summed E-state index contributed by atoms with van der Waals surface area (Å²) in [5, 5.41) is 5.98. The number of sulfonamides is 1. The first-order valence-corrected chi connectivity index (χ1v) is 21.7. The van der Waals surface area contributed by atoms with Gasteiger partial charge in [-0.15, -0.1) is 0 Å². The summed E-state index contributed by atoms with van der Waals surface area (Å²) in [7, 11) is -2.40. The number of ether oxygens (including phenoxy) is 3. The minimum atomic E-state index is -4.92. The molecule has 314 valence electrons. The van der Waals surface area contributed by atoms with E-state index in [0.717, 1.165) is 17.1 Å². The van der Waals surface area contributed by atoms with Crippen molar-refractivity contribution in [2.24, 2.45) is 11.8 Å². The fourth-order valence-corrected chi connectivity index (χ4v) is 10.5. The Morgan fingerprint density at radius 3 is 2.60 bits per heavy atom. The molecule has 1 aromatic carbocycles. The van der Waals surface area contributed by atoms with Crippen LogP contribution >= 0.6 is 0 Å². The number of allylic oxidation sites excluding steroid dienone is 1. The first kappa shape index (κ1) is 40.2. The summed E-state index contributed by atoms with van der Waals surface area (Å²) in [5.41, 5.74) is -3.98. The molecular weight excluding hydrogens is 784 g/mol. The van der Waals surface area contributed by atoms with E-state index in [1.54, 1.807) is 12.1 Å². The molecule has 0 unspecified atom stereocenters. The molecule has 4 aliphatic heterocycles. The van der Waals surface area contributed by atoms with Crippen LogP contribution in [0.4, 0.5) is 18.0 Å². The Labute approximate surface area is 334 Å². The first-order valence-electron chi connectivity index (χ1n) is 20.1. The highest BCUT2D eigenvalue weighted by Crippen LogP contribution is 2.50. The van der Waals surface area contributed by atoms with E-state index in [4.69, 9.17) is 14.2 Å². The molecule has 5 heterocycles. The van der Waals surface area contributed by atoms with Gasteiger partial charge in [0.15, 0.2) is 11.4 Å². The number of rotatable bonds is 4. The van der Waals surface area contributed by atoms with Gasteiger partial charge >= 0.3 is 12.3 Å². The van der Waals surface area contributed by atoms with Gasteiger partial charge in [-0.25, -0.2) is 22.5 Å². The maximum absolute atomic E-state index is 14.8. The second-order valence-corrected chi connectivity index (χ2v) is 18.8. The van der Waals surface area contributed by atoms with Crippen molar-refractivity contribution in [1.29, 1.82) is 0 Å². The maximum Gasteiger partial charge on any atom is 0.437 e. The van der Waals surface area contributed by atoms with Crippen LogP contribution in [0.3, 0.4) is 0 Å². The number of pyridine rings is 1. The molecule has 7 atom stereocenters. The summed E-state index contributed by atoms with van der Waals surface area (Å²) < 4.78 is 87.6. The van der Waals surface area contributed by atoms with Gasteiger partial charge in [0.25, 0.3) is 5.91 Å². The third-order valence-electron chi connectivity index (χ3n) is 12.8. The minimum absolute atomic E-state index is 0.0288. The summed E-state index contributed by atoms with van der Waals surface area (Å²) in [6.07, 6.45) is 2.81. The van der Waals surface area contributed by atoms with Crippen LogP contribution in [0.5, 0.6) is 11.5 Å². The van der Waals surface area contributed by atoms with Crippen molar-refractivity contribution in [3.05, 3.63) is 41.6 Å². The lowest BCUT2D eigenvalue weighted by Gasteiger charge is -2.37. The lowest BCUT2D eigenvalue weighted by atomic mass is 9.87. The molecule has 58 heavy (non-hydrogen) atoms. The number of nitrogens with zero attached hydrogens (tertiary/aromatic N) is 3. The molecule has 0 bridgehead atoms. The normalized spacial score (nSPS) is 32.7. The molecule has 2 saturated carbocycles. The fourth-order valence-electron chi connectivity index (χ4n) is 9.40. The maximum atomic E-state index is 14.8. The summed E-state index contributed by atoms with van der Waals surface area (Å²) in [6.45, 7) is 1.73. The molecule has 2 aromatic rings. The van der Waals surface area contributed by atoms with Crippen LogP contribution < -0.4 is 20.1 Å². The van der Waals surface area contributed by atoms with Crippen LogP contribution in [-0.2, 0) is 41.7 Å². The zero-order valence-electron chi connectivity index (χ0n) is 32.4. The number of halogens is 3. The van der Waals surface area contributed by atoms with Crippen LogP contribution in [0, 0.1) is 11.8 Å². The Kier molecular flexibility index (Phi) is 10.3. The number of carbonyl (C=O) groups excluding carboxylic acids is 4. The molecule has 18 heteroatoms. The summed E-state index contributed by atoms with van der Waals surface area (Å²) in [6, 6.07) is 2.05. The smallest absolute Gasteiger partial charge is 0.437 e. The number of benzene rings is 1. The largest absolute Gasteiger partial charge is 0.497 e. The van der Waals surface area contributed by atoms with Crippen LogP contribution in [0.1, 0.15) is 88.8 Å². The molecule has 2 saturated heterocycles. The third kappa shape index (κ3) is 7.44. The molecule has 1 spiro atoms. The van der Waals surface area contributed by atoms with Gasteiger partial charge in [0.1, 0.15) is 35.1 Å². The third-order valence-corrected chi connectivity index (χ3v) is 14.5. The average Bonchev–Trinajstić information content (AvgIpc) is 3.50. The Morgan fingerprint density at radius 1 is 1.10 bits per heavy atom. The zero-order chi connectivity index (χ0) is 41.2. The van der Waals surface area contributed by atoms with Gasteiger partial charge in [-0.1, -0.05) is 31.9 Å². The van der Waals surface area contributed by atoms with Crippen LogP contribution in [-0.4, -0.2) is 102 Å². The minimum Gasteiger partial charge on any atom is -0.497 e. The summed E-state index contributed by atoms with van der Waals surface area (Å²) in [5.74, 6) is -2.64. The van der Waals surface area contributed by atoms with Crippen LogP contribution in [0.2, 0.25) is 0 Å². The summed E-state index contributed by atoms with van der Waals surface area (Å²) in [4.78, 5) is 61.8. The van der Waals surface area contributed by atoms with E-state index in [2.05, 4.69) is 22.5 Å². The van der Waals surface area contributed by atoms with E-state index in [1.165, 1.54) is 24.1 Å². The molecule has 4 amide bonds. The molecular formula is C40H48F3N5O9S. The Bertz CT molecular complexity index is 2170. The number of amides is 4. The quantitative estimate of drug-likeness (QED) is 0.409. The fraction of sp³-hybridized carbons (Fsp3) is 0.625. The monoisotopic (exact) mass is 831 g/mol. The van der Waals surface area contributed by atoms with Crippen LogP contribution in [0.25, 0.3) is 10.9 Å². The second-order valence-electron chi connectivity index (χ2n) is 16.8.